The van der Waals surface area contributed by atoms with Crippen molar-refractivity contribution in [1.29, 1.82) is 0 Å². The van der Waals surface area contributed by atoms with Gasteiger partial charge in [-0.2, -0.15) is 0 Å². The van der Waals surface area contributed by atoms with Crippen LogP contribution in [0.15, 0.2) is 41.9 Å². The Bertz CT molecular complexity index is 676. The van der Waals surface area contributed by atoms with E-state index in [4.69, 9.17) is 0 Å². The minimum atomic E-state index is -3.40. The zero-order valence-corrected chi connectivity index (χ0v) is 12.7. The van der Waals surface area contributed by atoms with Gasteiger partial charge in [0, 0.05) is 29.4 Å². The van der Waals surface area contributed by atoms with Crippen molar-refractivity contribution in [2.45, 2.75) is 13.3 Å². The van der Waals surface area contributed by atoms with Gasteiger partial charge in [-0.3, -0.25) is 0 Å². The van der Waals surface area contributed by atoms with Crippen LogP contribution < -0.4 is 4.72 Å². The maximum atomic E-state index is 11.8. The van der Waals surface area contributed by atoms with Gasteiger partial charge < -0.3 is 0 Å². The van der Waals surface area contributed by atoms with Crippen LogP contribution in [0.2, 0.25) is 0 Å². The second kappa shape index (κ2) is 6.78. The van der Waals surface area contributed by atoms with E-state index in [1.54, 1.807) is 23.6 Å². The van der Waals surface area contributed by atoms with Crippen LogP contribution in [0.4, 0.5) is 0 Å². The number of nitrogens with one attached hydrogen (secondary N) is 1. The van der Waals surface area contributed by atoms with Gasteiger partial charge in [0.15, 0.2) is 0 Å². The van der Waals surface area contributed by atoms with Gasteiger partial charge in [-0.1, -0.05) is 30.3 Å². The molecule has 1 aromatic carbocycles. The molecule has 0 aliphatic rings. The highest BCUT2D eigenvalue weighted by molar-refractivity contribution is 7.92. The smallest absolute Gasteiger partial charge is 0.233 e. The number of rotatable bonds is 6. The summed E-state index contributed by atoms with van der Waals surface area (Å²) in [6, 6.07) is 9.32. The zero-order chi connectivity index (χ0) is 14.4. The maximum absolute atomic E-state index is 11.8. The monoisotopic (exact) mass is 308 g/mol. The first kappa shape index (κ1) is 14.9. The van der Waals surface area contributed by atoms with Crippen LogP contribution in [0.1, 0.15) is 15.4 Å². The highest BCUT2D eigenvalue weighted by atomic mass is 32.2. The van der Waals surface area contributed by atoms with E-state index in [9.17, 15) is 8.42 Å². The molecule has 0 aliphatic heterocycles. The predicted octanol–water partition coefficient (Wildman–Crippen LogP) is 2.58. The Morgan fingerprint density at radius 1 is 1.30 bits per heavy atom. The van der Waals surface area contributed by atoms with Gasteiger partial charge in [0.25, 0.3) is 0 Å². The summed E-state index contributed by atoms with van der Waals surface area (Å²) in [7, 11) is -3.40. The topological polar surface area (TPSA) is 59.1 Å². The molecular weight excluding hydrogens is 292 g/mol. The van der Waals surface area contributed by atoms with Crippen molar-refractivity contribution < 1.29 is 8.42 Å². The molecule has 0 fully saturated rings. The molecule has 0 atom stereocenters. The number of hydrogen-bond acceptors (Lipinski definition) is 4. The molecule has 1 heterocycles. The third-order valence-electron chi connectivity index (χ3n) is 2.55. The van der Waals surface area contributed by atoms with E-state index in [1.165, 1.54) is 5.41 Å². The number of hydrogen-bond donors (Lipinski definition) is 1. The lowest BCUT2D eigenvalue weighted by Gasteiger charge is -2.00. The van der Waals surface area contributed by atoms with Crippen LogP contribution in [-0.2, 0) is 16.4 Å². The number of aryl methyl sites for hydroxylation is 1. The van der Waals surface area contributed by atoms with Crippen molar-refractivity contribution in [3.8, 4) is 0 Å². The van der Waals surface area contributed by atoms with E-state index >= 15 is 0 Å². The molecule has 0 spiro atoms. The Kier molecular flexibility index (Phi) is 5.05. The van der Waals surface area contributed by atoms with Crippen LogP contribution in [0.3, 0.4) is 0 Å². The van der Waals surface area contributed by atoms with Crippen molar-refractivity contribution in [1.82, 2.24) is 9.71 Å². The molecule has 20 heavy (non-hydrogen) atoms. The molecule has 4 nitrogen and oxygen atoms in total. The normalized spacial score (nSPS) is 12.1. The largest absolute Gasteiger partial charge is 0.249 e. The summed E-state index contributed by atoms with van der Waals surface area (Å²) in [4.78, 5) is 5.33. The van der Waals surface area contributed by atoms with E-state index in [0.29, 0.717) is 13.0 Å². The molecule has 6 heteroatoms. The maximum Gasteiger partial charge on any atom is 0.233 e. The highest BCUT2D eigenvalue weighted by Crippen LogP contribution is 2.11. The average Bonchev–Trinajstić information content (AvgIpc) is 2.83. The Hall–Kier alpha value is -1.50. The Morgan fingerprint density at radius 3 is 2.70 bits per heavy atom. The van der Waals surface area contributed by atoms with E-state index in [2.05, 4.69) is 9.71 Å². The number of benzene rings is 1. The van der Waals surface area contributed by atoms with Gasteiger partial charge in [-0.05, 0) is 18.6 Å². The van der Waals surface area contributed by atoms with Crippen molar-refractivity contribution in [3.05, 3.63) is 57.4 Å². The third kappa shape index (κ3) is 4.88. The summed E-state index contributed by atoms with van der Waals surface area (Å²) in [5, 5.41) is 2.13. The molecule has 0 saturated carbocycles. The molecule has 1 N–H and O–H groups in total. The number of thiazole rings is 1. The van der Waals surface area contributed by atoms with Crippen molar-refractivity contribution in [2.24, 2.45) is 0 Å². The fraction of sp³-hybridized carbons (Fsp3) is 0.214. The van der Waals surface area contributed by atoms with Gasteiger partial charge in [0.2, 0.25) is 10.0 Å². The molecule has 1 aromatic heterocycles. The third-order valence-corrected chi connectivity index (χ3v) is 4.62. The van der Waals surface area contributed by atoms with Gasteiger partial charge in [-0.15, -0.1) is 11.3 Å². The summed E-state index contributed by atoms with van der Waals surface area (Å²) in [5.74, 6) is 0. The first-order chi connectivity index (χ1) is 9.55. The second-order valence-electron chi connectivity index (χ2n) is 4.27. The van der Waals surface area contributed by atoms with E-state index in [-0.39, 0.29) is 0 Å². The zero-order valence-electron chi connectivity index (χ0n) is 11.1. The molecule has 0 radical (unpaired) electrons. The molecule has 2 aromatic rings. The molecule has 0 amide bonds. The summed E-state index contributed by atoms with van der Waals surface area (Å²) < 4.78 is 26.1. The van der Waals surface area contributed by atoms with Crippen molar-refractivity contribution in [3.63, 3.8) is 0 Å². The number of sulfonamides is 1. The summed E-state index contributed by atoms with van der Waals surface area (Å²) >= 11 is 1.58. The van der Waals surface area contributed by atoms with E-state index < -0.39 is 10.0 Å². The first-order valence-electron chi connectivity index (χ1n) is 6.19. The minimum absolute atomic E-state index is 0.356. The SMILES string of the molecule is Cc1cnc(CCNS(=O)(=O)/C=C\c2ccccc2)s1. The highest BCUT2D eigenvalue weighted by Gasteiger charge is 2.05. The Morgan fingerprint density at radius 2 is 2.05 bits per heavy atom. The summed E-state index contributed by atoms with van der Waals surface area (Å²) in [6.45, 7) is 2.34. The lowest BCUT2D eigenvalue weighted by atomic mass is 10.2. The van der Waals surface area contributed by atoms with Crippen molar-refractivity contribution >= 4 is 27.4 Å². The van der Waals surface area contributed by atoms with Gasteiger partial charge in [-0.25, -0.2) is 18.1 Å². The van der Waals surface area contributed by atoms with Crippen LogP contribution in [0.5, 0.6) is 0 Å². The van der Waals surface area contributed by atoms with Crippen LogP contribution >= 0.6 is 11.3 Å². The lowest BCUT2D eigenvalue weighted by molar-refractivity contribution is 0.591. The van der Waals surface area contributed by atoms with Gasteiger partial charge in [0.05, 0.1) is 5.01 Å². The lowest BCUT2D eigenvalue weighted by Crippen LogP contribution is -2.23. The van der Waals surface area contributed by atoms with Crippen LogP contribution in [0.25, 0.3) is 6.08 Å². The minimum Gasteiger partial charge on any atom is -0.249 e. The second-order valence-corrected chi connectivity index (χ2v) is 7.24. The molecular formula is C14H16N2O2S2. The van der Waals surface area contributed by atoms with E-state index in [0.717, 1.165) is 15.4 Å². The average molecular weight is 308 g/mol. The van der Waals surface area contributed by atoms with Crippen molar-refractivity contribution in [2.75, 3.05) is 6.54 Å². The molecule has 106 valence electrons. The molecule has 0 saturated heterocycles. The Labute approximate surface area is 123 Å². The fourth-order valence-electron chi connectivity index (χ4n) is 1.60. The summed E-state index contributed by atoms with van der Waals surface area (Å²) in [5.41, 5.74) is 0.855. The van der Waals surface area contributed by atoms with Gasteiger partial charge in [0.1, 0.15) is 0 Å². The molecule has 0 unspecified atom stereocenters. The molecule has 0 bridgehead atoms. The standard InChI is InChI=1S/C14H16N2O2S2/c1-12-11-15-14(19-12)7-9-16-20(17,18)10-8-13-5-3-2-4-6-13/h2-6,8,10-11,16H,7,9H2,1H3/b10-8-. The fourth-order valence-corrected chi connectivity index (χ4v) is 3.20. The molecule has 0 aliphatic carbocycles. The first-order valence-corrected chi connectivity index (χ1v) is 8.55. The quantitative estimate of drug-likeness (QED) is 0.892. The molecule has 2 rings (SSSR count). The predicted molar refractivity (Wildman–Crippen MR) is 83.0 cm³/mol. The van der Waals surface area contributed by atoms with Crippen LogP contribution in [0, 0.1) is 6.92 Å². The van der Waals surface area contributed by atoms with Gasteiger partial charge >= 0.3 is 0 Å². The number of aromatic nitrogens is 1. The van der Waals surface area contributed by atoms with E-state index in [1.807, 2.05) is 37.3 Å². The van der Waals surface area contributed by atoms with Crippen LogP contribution in [-0.4, -0.2) is 19.9 Å². The number of nitrogens with zero attached hydrogens (tertiary/aromatic N) is 1. The summed E-state index contributed by atoms with van der Waals surface area (Å²) in [6.07, 6.45) is 3.98. The Balaban J connectivity index is 1.86.